The number of hydrogen-bond donors (Lipinski definition) is 1. The van der Waals surface area contributed by atoms with Gasteiger partial charge in [0.2, 0.25) is 0 Å². The van der Waals surface area contributed by atoms with Crippen molar-refractivity contribution in [2.24, 2.45) is 0 Å². The maximum absolute atomic E-state index is 4.36. The van der Waals surface area contributed by atoms with Gasteiger partial charge in [-0.15, -0.1) is 0 Å². The Morgan fingerprint density at radius 2 is 2.00 bits per heavy atom. The van der Waals surface area contributed by atoms with Crippen molar-refractivity contribution in [3.63, 3.8) is 0 Å². The van der Waals surface area contributed by atoms with Gasteiger partial charge in [0.15, 0.2) is 0 Å². The van der Waals surface area contributed by atoms with Crippen LogP contribution < -0.4 is 5.32 Å². The second-order valence-electron chi connectivity index (χ2n) is 5.89. The number of nitrogens with one attached hydrogen (secondary N) is 1. The highest BCUT2D eigenvalue weighted by Gasteiger charge is 2.12. The van der Waals surface area contributed by atoms with Crippen LogP contribution in [0.1, 0.15) is 37.7 Å². The minimum Gasteiger partial charge on any atom is -0.308 e. The van der Waals surface area contributed by atoms with E-state index in [4.69, 9.17) is 0 Å². The third-order valence-electron chi connectivity index (χ3n) is 3.21. The lowest BCUT2D eigenvalue weighted by Gasteiger charge is -2.21. The highest BCUT2D eigenvalue weighted by atomic mass is 15.1. The van der Waals surface area contributed by atoms with Crippen molar-refractivity contribution in [1.29, 1.82) is 0 Å². The fourth-order valence-corrected chi connectivity index (χ4v) is 1.88. The Morgan fingerprint density at radius 1 is 1.26 bits per heavy atom. The minimum absolute atomic E-state index is 0.0977. The quantitative estimate of drug-likeness (QED) is 0.920. The molecule has 2 aromatic rings. The van der Waals surface area contributed by atoms with Gasteiger partial charge in [0.05, 0.1) is 23.9 Å². The summed E-state index contributed by atoms with van der Waals surface area (Å²) in [6, 6.07) is 2.06. The standard InChI is InChI=1S/C15H22N4/c1-11-12(2)19(10-17-11)14-9-16-7-6-13(14)8-18-15(3,4)5/h6-7,9-10,18H,8H2,1-5H3. The zero-order valence-electron chi connectivity index (χ0n) is 12.4. The van der Waals surface area contributed by atoms with E-state index in [1.165, 1.54) is 5.56 Å². The van der Waals surface area contributed by atoms with E-state index in [0.29, 0.717) is 0 Å². The van der Waals surface area contributed by atoms with Crippen LogP contribution in [0.3, 0.4) is 0 Å². The van der Waals surface area contributed by atoms with Gasteiger partial charge < -0.3 is 9.88 Å². The second kappa shape index (κ2) is 5.13. The molecule has 4 heteroatoms. The van der Waals surface area contributed by atoms with E-state index in [1.54, 1.807) is 0 Å². The van der Waals surface area contributed by atoms with Crippen LogP contribution in [0, 0.1) is 13.8 Å². The van der Waals surface area contributed by atoms with Gasteiger partial charge in [-0.1, -0.05) is 0 Å². The number of aromatic nitrogens is 3. The largest absolute Gasteiger partial charge is 0.308 e. The Labute approximate surface area is 114 Å². The summed E-state index contributed by atoms with van der Waals surface area (Å²) in [5.74, 6) is 0. The number of aryl methyl sites for hydroxylation is 1. The van der Waals surface area contributed by atoms with Gasteiger partial charge in [-0.3, -0.25) is 4.98 Å². The summed E-state index contributed by atoms with van der Waals surface area (Å²) < 4.78 is 2.10. The highest BCUT2D eigenvalue weighted by molar-refractivity contribution is 5.40. The normalized spacial score (nSPS) is 11.8. The molecule has 0 fully saturated rings. The predicted molar refractivity (Wildman–Crippen MR) is 77.4 cm³/mol. The van der Waals surface area contributed by atoms with E-state index >= 15 is 0 Å². The molecular weight excluding hydrogens is 236 g/mol. The summed E-state index contributed by atoms with van der Waals surface area (Å²) >= 11 is 0. The van der Waals surface area contributed by atoms with Gasteiger partial charge in [-0.25, -0.2) is 4.98 Å². The summed E-state index contributed by atoms with van der Waals surface area (Å²) in [6.45, 7) is 11.4. The molecule has 0 atom stereocenters. The molecule has 0 amide bonds. The van der Waals surface area contributed by atoms with Crippen LogP contribution in [0.2, 0.25) is 0 Å². The molecule has 0 aliphatic carbocycles. The lowest BCUT2D eigenvalue weighted by atomic mass is 10.1. The van der Waals surface area contributed by atoms with Crippen LogP contribution in [0.15, 0.2) is 24.8 Å². The maximum Gasteiger partial charge on any atom is 0.0998 e. The van der Waals surface area contributed by atoms with E-state index < -0.39 is 0 Å². The Bertz CT molecular complexity index is 564. The lowest BCUT2D eigenvalue weighted by molar-refractivity contribution is 0.424. The van der Waals surface area contributed by atoms with Gasteiger partial charge >= 0.3 is 0 Å². The van der Waals surface area contributed by atoms with Crippen LogP contribution in [0.25, 0.3) is 5.69 Å². The van der Waals surface area contributed by atoms with Crippen molar-refractivity contribution in [1.82, 2.24) is 19.9 Å². The van der Waals surface area contributed by atoms with Crippen LogP contribution in [0.5, 0.6) is 0 Å². The Kier molecular flexibility index (Phi) is 3.71. The molecule has 0 aliphatic rings. The molecule has 2 heterocycles. The topological polar surface area (TPSA) is 42.7 Å². The molecule has 0 bridgehead atoms. The average molecular weight is 258 g/mol. The maximum atomic E-state index is 4.36. The lowest BCUT2D eigenvalue weighted by Crippen LogP contribution is -2.35. The number of pyridine rings is 1. The van der Waals surface area contributed by atoms with E-state index in [0.717, 1.165) is 23.6 Å². The number of hydrogen-bond acceptors (Lipinski definition) is 3. The van der Waals surface area contributed by atoms with Crippen molar-refractivity contribution in [3.05, 3.63) is 41.7 Å². The van der Waals surface area contributed by atoms with Crippen molar-refractivity contribution in [3.8, 4) is 5.69 Å². The molecule has 4 nitrogen and oxygen atoms in total. The van der Waals surface area contributed by atoms with Crippen LogP contribution in [0.4, 0.5) is 0 Å². The van der Waals surface area contributed by atoms with Crippen LogP contribution >= 0.6 is 0 Å². The van der Waals surface area contributed by atoms with Gasteiger partial charge in [0, 0.05) is 24.0 Å². The monoisotopic (exact) mass is 258 g/mol. The first-order chi connectivity index (χ1) is 8.88. The molecule has 0 aromatic carbocycles. The molecule has 0 saturated carbocycles. The molecule has 0 radical (unpaired) electrons. The Morgan fingerprint density at radius 3 is 2.58 bits per heavy atom. The van der Waals surface area contributed by atoms with Gasteiger partial charge in [-0.05, 0) is 46.2 Å². The SMILES string of the molecule is Cc1ncn(-c2cnccc2CNC(C)(C)C)c1C. The molecule has 1 N–H and O–H groups in total. The summed E-state index contributed by atoms with van der Waals surface area (Å²) in [5.41, 5.74) is 4.63. The molecule has 102 valence electrons. The van der Waals surface area contributed by atoms with Crippen molar-refractivity contribution >= 4 is 0 Å². The molecule has 0 unspecified atom stereocenters. The first-order valence-electron chi connectivity index (χ1n) is 6.57. The fraction of sp³-hybridized carbons (Fsp3) is 0.467. The van der Waals surface area contributed by atoms with E-state index in [2.05, 4.69) is 53.6 Å². The van der Waals surface area contributed by atoms with E-state index in [1.807, 2.05) is 25.6 Å². The number of nitrogens with zero attached hydrogens (tertiary/aromatic N) is 3. The number of imidazole rings is 1. The first kappa shape index (κ1) is 13.7. The molecule has 2 rings (SSSR count). The smallest absolute Gasteiger partial charge is 0.0998 e. The Balaban J connectivity index is 2.34. The predicted octanol–water partition coefficient (Wildman–Crippen LogP) is 2.77. The third-order valence-corrected chi connectivity index (χ3v) is 3.21. The average Bonchev–Trinajstić information content (AvgIpc) is 2.67. The van der Waals surface area contributed by atoms with Crippen LogP contribution in [-0.4, -0.2) is 20.1 Å². The third kappa shape index (κ3) is 3.20. The van der Waals surface area contributed by atoms with Gasteiger partial charge in [-0.2, -0.15) is 0 Å². The van der Waals surface area contributed by atoms with Crippen molar-refractivity contribution < 1.29 is 0 Å². The van der Waals surface area contributed by atoms with Crippen molar-refractivity contribution in [2.45, 2.75) is 46.7 Å². The second-order valence-corrected chi connectivity index (χ2v) is 5.89. The summed E-state index contributed by atoms with van der Waals surface area (Å²) in [5, 5.41) is 3.51. The summed E-state index contributed by atoms with van der Waals surface area (Å²) in [7, 11) is 0. The van der Waals surface area contributed by atoms with Gasteiger partial charge in [0.1, 0.15) is 0 Å². The fourth-order valence-electron chi connectivity index (χ4n) is 1.88. The molecular formula is C15H22N4. The first-order valence-corrected chi connectivity index (χ1v) is 6.57. The zero-order chi connectivity index (χ0) is 14.0. The highest BCUT2D eigenvalue weighted by Crippen LogP contribution is 2.17. The van der Waals surface area contributed by atoms with Crippen LogP contribution in [-0.2, 0) is 6.54 Å². The molecule has 0 saturated heterocycles. The van der Waals surface area contributed by atoms with Gasteiger partial charge in [0.25, 0.3) is 0 Å². The Hall–Kier alpha value is -1.68. The zero-order valence-corrected chi connectivity index (χ0v) is 12.4. The summed E-state index contributed by atoms with van der Waals surface area (Å²) in [6.07, 6.45) is 5.60. The van der Waals surface area contributed by atoms with E-state index in [9.17, 15) is 0 Å². The molecule has 0 spiro atoms. The summed E-state index contributed by atoms with van der Waals surface area (Å²) in [4.78, 5) is 8.60. The van der Waals surface area contributed by atoms with E-state index in [-0.39, 0.29) is 5.54 Å². The minimum atomic E-state index is 0.0977. The van der Waals surface area contributed by atoms with Crippen molar-refractivity contribution in [2.75, 3.05) is 0 Å². The molecule has 19 heavy (non-hydrogen) atoms. The molecule has 2 aromatic heterocycles. The molecule has 0 aliphatic heterocycles. The number of rotatable bonds is 3.